The van der Waals surface area contributed by atoms with Crippen LogP contribution in [0, 0.1) is 5.92 Å². The van der Waals surface area contributed by atoms with Gasteiger partial charge in [-0.2, -0.15) is 0 Å². The van der Waals surface area contributed by atoms with Crippen molar-refractivity contribution in [3.05, 3.63) is 29.8 Å². The van der Waals surface area contributed by atoms with Crippen molar-refractivity contribution < 1.29 is 13.2 Å². The zero-order chi connectivity index (χ0) is 13.2. The standard InChI is InChI=1S/C12H16N2O3S/c1-18(16,17)13-8-9-3-2-4-11(7-9)14-12(15)10-5-6-10/h2-4,7,10,13H,5-6,8H2,1H3,(H,14,15). The van der Waals surface area contributed by atoms with Crippen molar-refractivity contribution in [1.82, 2.24) is 4.72 Å². The van der Waals surface area contributed by atoms with Crippen LogP contribution in [-0.4, -0.2) is 20.6 Å². The van der Waals surface area contributed by atoms with E-state index in [9.17, 15) is 13.2 Å². The Hall–Kier alpha value is -1.40. The Morgan fingerprint density at radius 3 is 2.72 bits per heavy atom. The van der Waals surface area contributed by atoms with Crippen molar-refractivity contribution >= 4 is 21.6 Å². The van der Waals surface area contributed by atoms with E-state index in [2.05, 4.69) is 10.0 Å². The van der Waals surface area contributed by atoms with Gasteiger partial charge < -0.3 is 5.32 Å². The predicted octanol–water partition coefficient (Wildman–Crippen LogP) is 1.08. The minimum Gasteiger partial charge on any atom is -0.326 e. The molecule has 5 nitrogen and oxygen atoms in total. The summed E-state index contributed by atoms with van der Waals surface area (Å²) in [7, 11) is -3.20. The van der Waals surface area contributed by atoms with Gasteiger partial charge in [-0.1, -0.05) is 12.1 Å². The van der Waals surface area contributed by atoms with Gasteiger partial charge in [0, 0.05) is 18.2 Å². The van der Waals surface area contributed by atoms with E-state index in [1.165, 1.54) is 0 Å². The summed E-state index contributed by atoms with van der Waals surface area (Å²) in [6, 6.07) is 7.18. The van der Waals surface area contributed by atoms with Crippen LogP contribution in [0.25, 0.3) is 0 Å². The van der Waals surface area contributed by atoms with Crippen LogP contribution in [-0.2, 0) is 21.4 Å². The first-order chi connectivity index (χ1) is 8.44. The number of benzene rings is 1. The van der Waals surface area contributed by atoms with Gasteiger partial charge in [-0.3, -0.25) is 4.79 Å². The van der Waals surface area contributed by atoms with Crippen LogP contribution in [0.1, 0.15) is 18.4 Å². The SMILES string of the molecule is CS(=O)(=O)NCc1cccc(NC(=O)C2CC2)c1. The number of sulfonamides is 1. The Labute approximate surface area is 107 Å². The van der Waals surface area contributed by atoms with Crippen molar-refractivity contribution in [2.75, 3.05) is 11.6 Å². The van der Waals surface area contributed by atoms with Crippen LogP contribution in [0.3, 0.4) is 0 Å². The third-order valence-electron chi connectivity index (χ3n) is 2.68. The van der Waals surface area contributed by atoms with Gasteiger partial charge in [0.15, 0.2) is 0 Å². The molecule has 1 aromatic rings. The molecule has 2 rings (SSSR count). The van der Waals surface area contributed by atoms with Crippen molar-refractivity contribution in [2.24, 2.45) is 5.92 Å². The largest absolute Gasteiger partial charge is 0.326 e. The van der Waals surface area contributed by atoms with Crippen molar-refractivity contribution in [3.63, 3.8) is 0 Å². The van der Waals surface area contributed by atoms with E-state index in [1.807, 2.05) is 6.07 Å². The van der Waals surface area contributed by atoms with E-state index in [0.717, 1.165) is 24.7 Å². The third-order valence-corrected chi connectivity index (χ3v) is 3.35. The van der Waals surface area contributed by atoms with E-state index in [1.54, 1.807) is 18.2 Å². The summed E-state index contributed by atoms with van der Waals surface area (Å²) in [4.78, 5) is 11.6. The first-order valence-corrected chi connectivity index (χ1v) is 7.67. The molecule has 0 radical (unpaired) electrons. The molecule has 1 aromatic carbocycles. The normalized spacial score (nSPS) is 15.4. The number of hydrogen-bond acceptors (Lipinski definition) is 3. The van der Waals surface area contributed by atoms with Crippen LogP contribution >= 0.6 is 0 Å². The molecule has 0 aliphatic heterocycles. The lowest BCUT2D eigenvalue weighted by Gasteiger charge is -2.07. The Morgan fingerprint density at radius 2 is 2.11 bits per heavy atom. The smallest absolute Gasteiger partial charge is 0.227 e. The minimum absolute atomic E-state index is 0.0447. The molecule has 0 bridgehead atoms. The molecule has 0 atom stereocenters. The fourth-order valence-corrected chi connectivity index (χ4v) is 1.99. The highest BCUT2D eigenvalue weighted by Gasteiger charge is 2.29. The molecule has 0 unspecified atom stereocenters. The van der Waals surface area contributed by atoms with Crippen LogP contribution in [0.2, 0.25) is 0 Å². The predicted molar refractivity (Wildman–Crippen MR) is 69.5 cm³/mol. The lowest BCUT2D eigenvalue weighted by molar-refractivity contribution is -0.117. The van der Waals surface area contributed by atoms with Gasteiger partial charge in [0.25, 0.3) is 0 Å². The van der Waals surface area contributed by atoms with Crippen molar-refractivity contribution in [2.45, 2.75) is 19.4 Å². The molecule has 1 amide bonds. The second kappa shape index (κ2) is 5.07. The average molecular weight is 268 g/mol. The highest BCUT2D eigenvalue weighted by atomic mass is 32.2. The molecule has 0 saturated heterocycles. The molecule has 0 heterocycles. The molecule has 1 aliphatic rings. The zero-order valence-corrected chi connectivity index (χ0v) is 11.0. The van der Waals surface area contributed by atoms with Crippen LogP contribution in [0.5, 0.6) is 0 Å². The number of carbonyl (C=O) groups excluding carboxylic acids is 1. The van der Waals surface area contributed by atoms with Crippen LogP contribution < -0.4 is 10.0 Å². The average Bonchev–Trinajstić information content (AvgIpc) is 3.09. The molecule has 0 spiro atoms. The highest BCUT2D eigenvalue weighted by molar-refractivity contribution is 7.88. The lowest BCUT2D eigenvalue weighted by Crippen LogP contribution is -2.21. The van der Waals surface area contributed by atoms with Gasteiger partial charge in [-0.15, -0.1) is 0 Å². The van der Waals surface area contributed by atoms with E-state index < -0.39 is 10.0 Å². The topological polar surface area (TPSA) is 75.3 Å². The molecule has 1 aliphatic carbocycles. The van der Waals surface area contributed by atoms with Gasteiger partial charge in [0.1, 0.15) is 0 Å². The summed E-state index contributed by atoms with van der Waals surface area (Å²) in [5, 5.41) is 2.83. The summed E-state index contributed by atoms with van der Waals surface area (Å²) in [6.45, 7) is 0.228. The van der Waals surface area contributed by atoms with Gasteiger partial charge in [0.05, 0.1) is 6.26 Å². The summed E-state index contributed by atoms with van der Waals surface area (Å²) < 4.78 is 24.4. The van der Waals surface area contributed by atoms with Gasteiger partial charge in [0.2, 0.25) is 15.9 Å². The lowest BCUT2D eigenvalue weighted by atomic mass is 10.2. The Morgan fingerprint density at radius 1 is 1.39 bits per heavy atom. The second-order valence-corrected chi connectivity index (χ2v) is 6.39. The Bertz CT molecular complexity index is 550. The Balaban J connectivity index is 1.98. The van der Waals surface area contributed by atoms with Crippen LogP contribution in [0.15, 0.2) is 24.3 Å². The molecular formula is C12H16N2O3S. The minimum atomic E-state index is -3.20. The van der Waals surface area contributed by atoms with E-state index in [-0.39, 0.29) is 18.4 Å². The first kappa shape index (κ1) is 13.0. The summed E-state index contributed by atoms with van der Waals surface area (Å²) in [6.07, 6.45) is 3.04. The van der Waals surface area contributed by atoms with Crippen molar-refractivity contribution in [1.29, 1.82) is 0 Å². The Kier molecular flexibility index (Phi) is 3.68. The fourth-order valence-electron chi connectivity index (χ4n) is 1.56. The van der Waals surface area contributed by atoms with Crippen molar-refractivity contribution in [3.8, 4) is 0 Å². The maximum atomic E-state index is 11.6. The molecule has 2 N–H and O–H groups in total. The van der Waals surface area contributed by atoms with E-state index in [4.69, 9.17) is 0 Å². The number of anilines is 1. The third kappa shape index (κ3) is 4.12. The first-order valence-electron chi connectivity index (χ1n) is 5.78. The van der Waals surface area contributed by atoms with Gasteiger partial charge in [-0.25, -0.2) is 13.1 Å². The maximum Gasteiger partial charge on any atom is 0.227 e. The summed E-state index contributed by atoms with van der Waals surface area (Å²) >= 11 is 0. The number of nitrogens with one attached hydrogen (secondary N) is 2. The molecule has 98 valence electrons. The quantitative estimate of drug-likeness (QED) is 0.839. The molecule has 6 heteroatoms. The monoisotopic (exact) mass is 268 g/mol. The van der Waals surface area contributed by atoms with Gasteiger partial charge >= 0.3 is 0 Å². The second-order valence-electron chi connectivity index (χ2n) is 4.56. The van der Waals surface area contributed by atoms with E-state index >= 15 is 0 Å². The molecular weight excluding hydrogens is 252 g/mol. The summed E-state index contributed by atoms with van der Waals surface area (Å²) in [5.41, 5.74) is 1.52. The number of rotatable bonds is 5. The fraction of sp³-hybridized carbons (Fsp3) is 0.417. The molecule has 18 heavy (non-hydrogen) atoms. The van der Waals surface area contributed by atoms with Gasteiger partial charge in [-0.05, 0) is 30.5 Å². The molecule has 1 saturated carbocycles. The number of carbonyl (C=O) groups is 1. The zero-order valence-electron chi connectivity index (χ0n) is 10.1. The summed E-state index contributed by atoms with van der Waals surface area (Å²) in [5.74, 6) is 0.200. The molecule has 1 fully saturated rings. The van der Waals surface area contributed by atoms with E-state index in [0.29, 0.717) is 5.69 Å². The number of hydrogen-bond donors (Lipinski definition) is 2. The maximum absolute atomic E-state index is 11.6. The molecule has 0 aromatic heterocycles. The van der Waals surface area contributed by atoms with Crippen LogP contribution in [0.4, 0.5) is 5.69 Å². The number of amides is 1. The highest BCUT2D eigenvalue weighted by Crippen LogP contribution is 2.30.